The predicted molar refractivity (Wildman–Crippen MR) is 50.5 cm³/mol. The van der Waals surface area contributed by atoms with Gasteiger partial charge in [-0.2, -0.15) is 12.6 Å². The van der Waals surface area contributed by atoms with Crippen molar-refractivity contribution in [3.8, 4) is 0 Å². The lowest BCUT2D eigenvalue weighted by atomic mass is 9.95. The lowest BCUT2D eigenvalue weighted by molar-refractivity contribution is 0.435. The molecule has 0 aliphatic carbocycles. The van der Waals surface area contributed by atoms with Gasteiger partial charge in [-0.3, -0.25) is 0 Å². The van der Waals surface area contributed by atoms with Gasteiger partial charge in [-0.15, -0.1) is 0 Å². The molecule has 1 atom stereocenters. The Hall–Kier alpha value is 0.310. The SMILES string of the molecule is CC(C)C[C@@H](N)C(C)(C)S. The minimum Gasteiger partial charge on any atom is -0.326 e. The van der Waals surface area contributed by atoms with Gasteiger partial charge >= 0.3 is 0 Å². The summed E-state index contributed by atoms with van der Waals surface area (Å²) >= 11 is 4.40. The van der Waals surface area contributed by atoms with E-state index < -0.39 is 0 Å². The monoisotopic (exact) mass is 161 g/mol. The van der Waals surface area contributed by atoms with Crippen molar-refractivity contribution in [2.75, 3.05) is 0 Å². The Labute approximate surface area is 69.8 Å². The molecule has 0 aromatic carbocycles. The third-order valence-corrected chi connectivity index (χ3v) is 1.96. The Morgan fingerprint density at radius 3 is 1.90 bits per heavy atom. The summed E-state index contributed by atoms with van der Waals surface area (Å²) in [6.07, 6.45) is 1.05. The average Bonchev–Trinajstić information content (AvgIpc) is 1.60. The fraction of sp³-hybridized carbons (Fsp3) is 1.00. The van der Waals surface area contributed by atoms with Crippen LogP contribution in [0.3, 0.4) is 0 Å². The maximum atomic E-state index is 5.88. The highest BCUT2D eigenvalue weighted by atomic mass is 32.1. The minimum atomic E-state index is -0.0374. The third-order valence-electron chi connectivity index (χ3n) is 1.63. The van der Waals surface area contributed by atoms with Gasteiger partial charge in [-0.05, 0) is 26.2 Å². The van der Waals surface area contributed by atoms with Crippen LogP contribution in [0, 0.1) is 5.92 Å². The molecule has 62 valence electrons. The van der Waals surface area contributed by atoms with Gasteiger partial charge in [0.2, 0.25) is 0 Å². The Morgan fingerprint density at radius 1 is 1.40 bits per heavy atom. The molecule has 0 radical (unpaired) electrons. The molecule has 0 spiro atoms. The molecule has 2 heteroatoms. The molecule has 0 rings (SSSR count). The molecule has 0 heterocycles. The van der Waals surface area contributed by atoms with Crippen LogP contribution in [0.5, 0.6) is 0 Å². The summed E-state index contributed by atoms with van der Waals surface area (Å²) in [5, 5.41) is 0. The van der Waals surface area contributed by atoms with Gasteiger partial charge < -0.3 is 5.73 Å². The number of hydrogen-bond acceptors (Lipinski definition) is 2. The van der Waals surface area contributed by atoms with E-state index in [1.807, 2.05) is 0 Å². The second-order valence-electron chi connectivity index (χ2n) is 3.89. The topological polar surface area (TPSA) is 26.0 Å². The van der Waals surface area contributed by atoms with Crippen LogP contribution in [0.4, 0.5) is 0 Å². The fourth-order valence-corrected chi connectivity index (χ4v) is 0.902. The van der Waals surface area contributed by atoms with E-state index in [-0.39, 0.29) is 10.8 Å². The smallest absolute Gasteiger partial charge is 0.0224 e. The summed E-state index contributed by atoms with van der Waals surface area (Å²) in [5.41, 5.74) is 5.88. The van der Waals surface area contributed by atoms with E-state index in [1.54, 1.807) is 0 Å². The standard InChI is InChI=1S/C8H19NS/c1-6(2)5-7(9)8(3,4)10/h6-7,10H,5,9H2,1-4H3/t7-/m1/s1. The Balaban J connectivity index is 3.73. The molecule has 0 aliphatic heterocycles. The first-order valence-corrected chi connectivity index (χ1v) is 4.26. The number of rotatable bonds is 3. The second-order valence-corrected chi connectivity index (χ2v) is 5.04. The summed E-state index contributed by atoms with van der Waals surface area (Å²) in [6.45, 7) is 8.48. The van der Waals surface area contributed by atoms with Crippen LogP contribution in [-0.4, -0.2) is 10.8 Å². The van der Waals surface area contributed by atoms with E-state index in [0.717, 1.165) is 6.42 Å². The molecule has 0 aromatic heterocycles. The van der Waals surface area contributed by atoms with Crippen LogP contribution in [0.25, 0.3) is 0 Å². The van der Waals surface area contributed by atoms with Crippen molar-refractivity contribution >= 4 is 12.6 Å². The summed E-state index contributed by atoms with van der Waals surface area (Å²) in [4.78, 5) is 0. The molecule has 2 N–H and O–H groups in total. The molecule has 10 heavy (non-hydrogen) atoms. The van der Waals surface area contributed by atoms with Crippen LogP contribution in [-0.2, 0) is 0 Å². The Kier molecular flexibility index (Phi) is 3.74. The first-order valence-electron chi connectivity index (χ1n) is 3.82. The molecule has 0 fully saturated rings. The van der Waals surface area contributed by atoms with Crippen LogP contribution in [0.15, 0.2) is 0 Å². The van der Waals surface area contributed by atoms with Crippen LogP contribution < -0.4 is 5.73 Å². The van der Waals surface area contributed by atoms with Crippen molar-refractivity contribution in [3.05, 3.63) is 0 Å². The lowest BCUT2D eigenvalue weighted by Crippen LogP contribution is -2.39. The normalized spacial score (nSPS) is 15.9. The second kappa shape index (κ2) is 3.63. The van der Waals surface area contributed by atoms with E-state index in [9.17, 15) is 0 Å². The van der Waals surface area contributed by atoms with E-state index in [0.29, 0.717) is 5.92 Å². The highest BCUT2D eigenvalue weighted by Gasteiger charge is 2.21. The van der Waals surface area contributed by atoms with Crippen molar-refractivity contribution in [1.29, 1.82) is 0 Å². The zero-order valence-electron chi connectivity index (χ0n) is 7.39. The van der Waals surface area contributed by atoms with E-state index in [2.05, 4.69) is 40.3 Å². The summed E-state index contributed by atoms with van der Waals surface area (Å²) in [5.74, 6) is 0.668. The maximum absolute atomic E-state index is 5.88. The highest BCUT2D eigenvalue weighted by Crippen LogP contribution is 2.20. The van der Waals surface area contributed by atoms with Crippen molar-refractivity contribution in [3.63, 3.8) is 0 Å². The molecule has 0 amide bonds. The number of hydrogen-bond donors (Lipinski definition) is 2. The zero-order valence-corrected chi connectivity index (χ0v) is 8.28. The first kappa shape index (κ1) is 10.3. The predicted octanol–water partition coefficient (Wildman–Crippen LogP) is 2.07. The molecule has 0 unspecified atom stereocenters. The summed E-state index contributed by atoms with van der Waals surface area (Å²) in [6, 6.07) is 0.204. The number of nitrogens with two attached hydrogens (primary N) is 1. The first-order chi connectivity index (χ1) is 4.34. The molecule has 1 nitrogen and oxygen atoms in total. The van der Waals surface area contributed by atoms with Gasteiger partial charge in [-0.1, -0.05) is 13.8 Å². The Bertz CT molecular complexity index is 93.9. The summed E-state index contributed by atoms with van der Waals surface area (Å²) in [7, 11) is 0. The van der Waals surface area contributed by atoms with Gasteiger partial charge in [0.25, 0.3) is 0 Å². The maximum Gasteiger partial charge on any atom is 0.0224 e. The van der Waals surface area contributed by atoms with Crippen LogP contribution in [0.1, 0.15) is 34.1 Å². The quantitative estimate of drug-likeness (QED) is 0.609. The van der Waals surface area contributed by atoms with Crippen LogP contribution >= 0.6 is 12.6 Å². The lowest BCUT2D eigenvalue weighted by Gasteiger charge is -2.27. The van der Waals surface area contributed by atoms with Crippen molar-refractivity contribution in [1.82, 2.24) is 0 Å². The largest absolute Gasteiger partial charge is 0.326 e. The zero-order chi connectivity index (χ0) is 8.36. The fourth-order valence-electron chi connectivity index (χ4n) is 0.796. The van der Waals surface area contributed by atoms with Gasteiger partial charge in [0.05, 0.1) is 0 Å². The molecule has 0 aliphatic rings. The molecule has 0 saturated carbocycles. The minimum absolute atomic E-state index is 0.0374. The third kappa shape index (κ3) is 4.18. The van der Waals surface area contributed by atoms with Crippen molar-refractivity contribution in [2.24, 2.45) is 11.7 Å². The Morgan fingerprint density at radius 2 is 1.80 bits per heavy atom. The highest BCUT2D eigenvalue weighted by molar-refractivity contribution is 7.81. The summed E-state index contributed by atoms with van der Waals surface area (Å²) < 4.78 is -0.0374. The molecular weight excluding hydrogens is 142 g/mol. The van der Waals surface area contributed by atoms with Gasteiger partial charge in [0.1, 0.15) is 0 Å². The van der Waals surface area contributed by atoms with Gasteiger partial charge in [-0.25, -0.2) is 0 Å². The van der Waals surface area contributed by atoms with Gasteiger partial charge in [0.15, 0.2) is 0 Å². The van der Waals surface area contributed by atoms with E-state index in [1.165, 1.54) is 0 Å². The molecular formula is C8H19NS. The number of thiol groups is 1. The molecule has 0 saturated heterocycles. The van der Waals surface area contributed by atoms with E-state index >= 15 is 0 Å². The molecule has 0 aromatic rings. The molecule has 0 bridgehead atoms. The van der Waals surface area contributed by atoms with Crippen molar-refractivity contribution < 1.29 is 0 Å². The van der Waals surface area contributed by atoms with E-state index in [4.69, 9.17) is 5.73 Å². The average molecular weight is 161 g/mol. The van der Waals surface area contributed by atoms with Crippen LogP contribution in [0.2, 0.25) is 0 Å². The van der Waals surface area contributed by atoms with Crippen molar-refractivity contribution in [2.45, 2.75) is 44.9 Å². The van der Waals surface area contributed by atoms with Gasteiger partial charge in [0, 0.05) is 10.8 Å².